The fourth-order valence-corrected chi connectivity index (χ4v) is 1.79. The summed E-state index contributed by atoms with van der Waals surface area (Å²) in [5, 5.41) is 0. The average Bonchev–Trinajstić information content (AvgIpc) is 2.03. The summed E-state index contributed by atoms with van der Waals surface area (Å²) in [5.74, 6) is 1.30. The lowest BCUT2D eigenvalue weighted by atomic mass is 9.91. The van der Waals surface area contributed by atoms with Crippen LogP contribution in [0.15, 0.2) is 24.3 Å². The molecule has 0 radical (unpaired) electrons. The van der Waals surface area contributed by atoms with Gasteiger partial charge in [-0.2, -0.15) is 0 Å². The van der Waals surface area contributed by atoms with Gasteiger partial charge in [-0.1, -0.05) is 39.0 Å². The molecule has 1 rings (SSSR count). The molecule has 1 unspecified atom stereocenters. The number of nitrogens with two attached hydrogens (primary N) is 1. The topological polar surface area (TPSA) is 26.0 Å². The lowest BCUT2D eigenvalue weighted by Gasteiger charge is -2.16. The Hall–Kier alpha value is -0.980. The Morgan fingerprint density at radius 2 is 1.77 bits per heavy atom. The van der Waals surface area contributed by atoms with E-state index in [9.17, 15) is 0 Å². The summed E-state index contributed by atoms with van der Waals surface area (Å²) < 4.78 is 0. The Balaban J connectivity index is 2.76. The molecule has 0 saturated carbocycles. The van der Waals surface area contributed by atoms with Crippen molar-refractivity contribution in [1.82, 2.24) is 0 Å². The van der Waals surface area contributed by atoms with Crippen molar-refractivity contribution in [2.45, 2.75) is 33.1 Å². The van der Waals surface area contributed by atoms with Gasteiger partial charge >= 0.3 is 0 Å². The molecule has 0 fully saturated rings. The first-order chi connectivity index (χ1) is 6.11. The molecule has 1 nitrogen and oxygen atoms in total. The SMILES string of the molecule is CC(C)CC(C)c1ccccc1N. The number of hydrogen-bond donors (Lipinski definition) is 1. The van der Waals surface area contributed by atoms with E-state index in [1.54, 1.807) is 0 Å². The number of nitrogen functional groups attached to an aromatic ring is 1. The minimum Gasteiger partial charge on any atom is -0.398 e. The molecule has 0 aliphatic carbocycles. The smallest absolute Gasteiger partial charge is 0.0349 e. The maximum Gasteiger partial charge on any atom is 0.0349 e. The summed E-state index contributed by atoms with van der Waals surface area (Å²) in [5.41, 5.74) is 8.11. The summed E-state index contributed by atoms with van der Waals surface area (Å²) in [7, 11) is 0. The maximum absolute atomic E-state index is 5.90. The van der Waals surface area contributed by atoms with Crippen LogP contribution in [-0.4, -0.2) is 0 Å². The van der Waals surface area contributed by atoms with Gasteiger partial charge in [0, 0.05) is 5.69 Å². The van der Waals surface area contributed by atoms with Gasteiger partial charge in [0.15, 0.2) is 0 Å². The van der Waals surface area contributed by atoms with E-state index >= 15 is 0 Å². The van der Waals surface area contributed by atoms with Crippen LogP contribution in [0.3, 0.4) is 0 Å². The first-order valence-corrected chi connectivity index (χ1v) is 4.95. The Labute approximate surface area is 81.0 Å². The molecule has 0 amide bonds. The van der Waals surface area contributed by atoms with Crippen LogP contribution < -0.4 is 5.73 Å². The molecule has 1 aromatic carbocycles. The third kappa shape index (κ3) is 2.76. The fraction of sp³-hybridized carbons (Fsp3) is 0.500. The zero-order chi connectivity index (χ0) is 9.84. The zero-order valence-corrected chi connectivity index (χ0v) is 8.75. The van der Waals surface area contributed by atoms with E-state index in [0.717, 1.165) is 11.6 Å². The first kappa shape index (κ1) is 10.1. The molecule has 0 spiro atoms. The van der Waals surface area contributed by atoms with Gasteiger partial charge in [0.2, 0.25) is 0 Å². The lowest BCUT2D eigenvalue weighted by Crippen LogP contribution is -2.02. The van der Waals surface area contributed by atoms with Crippen molar-refractivity contribution in [2.75, 3.05) is 5.73 Å². The minimum absolute atomic E-state index is 0.571. The van der Waals surface area contributed by atoms with Crippen molar-refractivity contribution in [3.05, 3.63) is 29.8 Å². The van der Waals surface area contributed by atoms with Gasteiger partial charge in [-0.3, -0.25) is 0 Å². The van der Waals surface area contributed by atoms with Gasteiger partial charge in [0.1, 0.15) is 0 Å². The lowest BCUT2D eigenvalue weighted by molar-refractivity contribution is 0.524. The highest BCUT2D eigenvalue weighted by Gasteiger charge is 2.09. The normalized spacial score (nSPS) is 13.2. The standard InChI is InChI=1S/C12H19N/c1-9(2)8-10(3)11-6-4-5-7-12(11)13/h4-7,9-10H,8,13H2,1-3H3. The first-order valence-electron chi connectivity index (χ1n) is 4.95. The van der Waals surface area contributed by atoms with Crippen molar-refractivity contribution in [3.63, 3.8) is 0 Å². The highest BCUT2D eigenvalue weighted by Crippen LogP contribution is 2.27. The van der Waals surface area contributed by atoms with Gasteiger partial charge in [0.05, 0.1) is 0 Å². The molecular weight excluding hydrogens is 158 g/mol. The van der Waals surface area contributed by atoms with Gasteiger partial charge in [-0.15, -0.1) is 0 Å². The molecule has 13 heavy (non-hydrogen) atoms. The van der Waals surface area contributed by atoms with Crippen LogP contribution in [0, 0.1) is 5.92 Å². The molecule has 1 aromatic rings. The highest BCUT2D eigenvalue weighted by molar-refractivity contribution is 5.48. The number of benzene rings is 1. The second-order valence-electron chi connectivity index (χ2n) is 4.16. The largest absolute Gasteiger partial charge is 0.398 e. The molecule has 0 aliphatic rings. The van der Waals surface area contributed by atoms with Crippen molar-refractivity contribution >= 4 is 5.69 Å². The van der Waals surface area contributed by atoms with Gasteiger partial charge < -0.3 is 5.73 Å². The molecule has 0 aromatic heterocycles. The van der Waals surface area contributed by atoms with Crippen molar-refractivity contribution in [2.24, 2.45) is 5.92 Å². The summed E-state index contributed by atoms with van der Waals surface area (Å²) >= 11 is 0. The number of anilines is 1. The van der Waals surface area contributed by atoms with E-state index in [1.165, 1.54) is 12.0 Å². The fourth-order valence-electron chi connectivity index (χ4n) is 1.79. The Morgan fingerprint density at radius 1 is 1.15 bits per heavy atom. The third-order valence-electron chi connectivity index (χ3n) is 2.35. The Bertz CT molecular complexity index is 266. The van der Waals surface area contributed by atoms with Gasteiger partial charge in [-0.05, 0) is 29.9 Å². The quantitative estimate of drug-likeness (QED) is 0.703. The minimum atomic E-state index is 0.571. The van der Waals surface area contributed by atoms with E-state index < -0.39 is 0 Å². The molecule has 2 N–H and O–H groups in total. The third-order valence-corrected chi connectivity index (χ3v) is 2.35. The van der Waals surface area contributed by atoms with E-state index in [0.29, 0.717) is 5.92 Å². The summed E-state index contributed by atoms with van der Waals surface area (Å²) in [6, 6.07) is 8.15. The molecule has 0 heterocycles. The van der Waals surface area contributed by atoms with E-state index in [1.807, 2.05) is 12.1 Å². The number of hydrogen-bond acceptors (Lipinski definition) is 1. The molecular formula is C12H19N. The summed E-state index contributed by atoms with van der Waals surface area (Å²) in [4.78, 5) is 0. The number of rotatable bonds is 3. The molecule has 0 saturated heterocycles. The van der Waals surface area contributed by atoms with Gasteiger partial charge in [-0.25, -0.2) is 0 Å². The predicted octanol–water partition coefficient (Wildman–Crippen LogP) is 3.42. The van der Waals surface area contributed by atoms with Crippen LogP contribution in [-0.2, 0) is 0 Å². The predicted molar refractivity (Wildman–Crippen MR) is 58.7 cm³/mol. The van der Waals surface area contributed by atoms with Gasteiger partial charge in [0.25, 0.3) is 0 Å². The van der Waals surface area contributed by atoms with Crippen molar-refractivity contribution in [3.8, 4) is 0 Å². The summed E-state index contributed by atoms with van der Waals surface area (Å²) in [6.07, 6.45) is 1.20. The molecule has 72 valence electrons. The molecule has 0 bridgehead atoms. The molecule has 1 atom stereocenters. The number of para-hydroxylation sites is 1. The molecule has 0 aliphatic heterocycles. The Morgan fingerprint density at radius 3 is 2.31 bits per heavy atom. The van der Waals surface area contributed by atoms with Crippen molar-refractivity contribution in [1.29, 1.82) is 0 Å². The van der Waals surface area contributed by atoms with Crippen LogP contribution in [0.25, 0.3) is 0 Å². The van der Waals surface area contributed by atoms with Crippen LogP contribution in [0.2, 0.25) is 0 Å². The van der Waals surface area contributed by atoms with E-state index in [-0.39, 0.29) is 0 Å². The van der Waals surface area contributed by atoms with Crippen LogP contribution >= 0.6 is 0 Å². The molecule has 1 heteroatoms. The Kier molecular flexibility index (Phi) is 3.35. The average molecular weight is 177 g/mol. The highest BCUT2D eigenvalue weighted by atomic mass is 14.6. The zero-order valence-electron chi connectivity index (χ0n) is 8.75. The van der Waals surface area contributed by atoms with E-state index in [2.05, 4.69) is 32.9 Å². The van der Waals surface area contributed by atoms with Crippen LogP contribution in [0.1, 0.15) is 38.7 Å². The second-order valence-corrected chi connectivity index (χ2v) is 4.16. The van der Waals surface area contributed by atoms with Crippen LogP contribution in [0.5, 0.6) is 0 Å². The maximum atomic E-state index is 5.90. The monoisotopic (exact) mass is 177 g/mol. The second kappa shape index (κ2) is 4.31. The summed E-state index contributed by atoms with van der Waals surface area (Å²) in [6.45, 7) is 6.73. The van der Waals surface area contributed by atoms with Crippen LogP contribution in [0.4, 0.5) is 5.69 Å². The van der Waals surface area contributed by atoms with E-state index in [4.69, 9.17) is 5.73 Å². The van der Waals surface area contributed by atoms with Crippen molar-refractivity contribution < 1.29 is 0 Å².